The van der Waals surface area contributed by atoms with Crippen LogP contribution in [0.4, 0.5) is 22.9 Å². The summed E-state index contributed by atoms with van der Waals surface area (Å²) in [6.07, 6.45) is 5.57. The summed E-state index contributed by atoms with van der Waals surface area (Å²) in [5, 5.41) is 2.38. The summed E-state index contributed by atoms with van der Waals surface area (Å²) in [4.78, 5) is 9.51. The molecule has 0 aliphatic carbocycles. The third kappa shape index (κ3) is 6.50. The van der Waals surface area contributed by atoms with Crippen molar-refractivity contribution in [2.75, 3.05) is 9.62 Å². The molecule has 1 aliphatic heterocycles. The summed E-state index contributed by atoms with van der Waals surface area (Å²) in [6.45, 7) is -0.214. The Labute approximate surface area is 379 Å². The maximum absolute atomic E-state index is 6.63. The van der Waals surface area contributed by atoms with Crippen LogP contribution in [0.3, 0.4) is 0 Å². The van der Waals surface area contributed by atoms with Crippen molar-refractivity contribution < 1.29 is 30.4 Å². The van der Waals surface area contributed by atoms with Crippen molar-refractivity contribution in [1.82, 2.24) is 14.1 Å². The third-order valence-electron chi connectivity index (χ3n) is 11.6. The molecule has 11 aromatic rings. The Kier molecular flexibility index (Phi) is 9.71. The SMILES string of the molecule is [Pt].[c-]1c(Oc2[c-]c(-n3[c-][n+](-c4cccc5c6ccccc6n(-c6ccccc6)c45)c4ccccc43)ccc2)cccc1N1B(c2ccccc2)N(c2ccccc2)c2cccnc21. The number of benzene rings is 8. The van der Waals surface area contributed by atoms with Crippen molar-refractivity contribution in [2.45, 2.75) is 0 Å². The molecule has 9 heteroatoms. The van der Waals surface area contributed by atoms with E-state index in [2.05, 4.69) is 200 Å². The van der Waals surface area contributed by atoms with Gasteiger partial charge in [-0.2, -0.15) is 18.2 Å². The minimum Gasteiger partial charge on any atom is -0.510 e. The minimum atomic E-state index is -0.214. The van der Waals surface area contributed by atoms with Crippen LogP contribution in [0.25, 0.3) is 49.9 Å². The van der Waals surface area contributed by atoms with Gasteiger partial charge in [0.15, 0.2) is 0 Å². The molecular weight excluding hydrogens is 955 g/mol. The standard InChI is InChI=1S/C54H35BN6O.Pt/c1-4-18-39(19-5-1)55-60(41-22-8-3-9-23-41)52-34-17-35-56-54(52)61(55)43-25-15-27-45(37-43)62-44-26-14-24-42(36-44)57-38-58(50-32-13-12-31-49(50)57)51-33-16-29-47-46-28-10-11-30-48(46)59(53(47)51)40-20-6-2-7-21-40;/h1-35H;/q-2;. The van der Waals surface area contributed by atoms with Gasteiger partial charge in [0.25, 0.3) is 6.33 Å². The summed E-state index contributed by atoms with van der Waals surface area (Å²) >= 11 is 0. The second-order valence-corrected chi connectivity index (χ2v) is 15.2. The third-order valence-corrected chi connectivity index (χ3v) is 11.6. The van der Waals surface area contributed by atoms with Gasteiger partial charge in [0.05, 0.1) is 33.4 Å². The molecule has 0 spiro atoms. The molecule has 3 aromatic heterocycles. The summed E-state index contributed by atoms with van der Waals surface area (Å²) in [6, 6.07) is 78.3. The molecule has 7 nitrogen and oxygen atoms in total. The molecule has 0 N–H and O–H groups in total. The number of para-hydroxylation sites is 6. The van der Waals surface area contributed by atoms with Crippen LogP contribution in [0.1, 0.15) is 0 Å². The summed E-state index contributed by atoms with van der Waals surface area (Å²) in [7, 11) is 0. The van der Waals surface area contributed by atoms with Crippen LogP contribution in [-0.2, 0) is 21.1 Å². The zero-order valence-corrected chi connectivity index (χ0v) is 36.0. The van der Waals surface area contributed by atoms with Gasteiger partial charge in [-0.05, 0) is 59.7 Å². The molecule has 0 saturated carbocycles. The van der Waals surface area contributed by atoms with Gasteiger partial charge in [0.2, 0.25) is 0 Å². The van der Waals surface area contributed by atoms with Crippen molar-refractivity contribution >= 4 is 68.2 Å². The van der Waals surface area contributed by atoms with Crippen LogP contribution in [0.5, 0.6) is 11.5 Å². The first-order chi connectivity index (χ1) is 30.8. The van der Waals surface area contributed by atoms with Crippen molar-refractivity contribution in [2.24, 2.45) is 0 Å². The summed E-state index contributed by atoms with van der Waals surface area (Å²) < 4.78 is 13.2. The largest absolute Gasteiger partial charge is 0.510 e. The quantitative estimate of drug-likeness (QED) is 0.0864. The molecular formula is C54H35BN6OPt-2. The first kappa shape index (κ1) is 38.3. The van der Waals surface area contributed by atoms with Crippen molar-refractivity contribution in [3.8, 4) is 28.6 Å². The number of imidazole rings is 1. The fraction of sp³-hybridized carbons (Fsp3) is 0. The monoisotopic (exact) mass is 989 g/mol. The molecule has 4 heterocycles. The zero-order valence-electron chi connectivity index (χ0n) is 33.7. The van der Waals surface area contributed by atoms with Crippen LogP contribution >= 0.6 is 0 Å². The number of anilines is 4. The summed E-state index contributed by atoms with van der Waals surface area (Å²) in [5.41, 5.74) is 11.2. The molecule has 0 fully saturated rings. The van der Waals surface area contributed by atoms with Gasteiger partial charge in [-0.25, -0.2) is 4.98 Å². The van der Waals surface area contributed by atoms with Gasteiger partial charge in [-0.3, -0.25) is 4.57 Å². The van der Waals surface area contributed by atoms with Crippen LogP contribution in [0.2, 0.25) is 0 Å². The molecule has 12 rings (SSSR count). The molecule has 0 radical (unpaired) electrons. The van der Waals surface area contributed by atoms with Gasteiger partial charge >= 0.3 is 6.98 Å². The second-order valence-electron chi connectivity index (χ2n) is 15.2. The normalized spacial score (nSPS) is 12.2. The molecule has 1 aliphatic rings. The smallest absolute Gasteiger partial charge is 0.420 e. The van der Waals surface area contributed by atoms with E-state index in [9.17, 15) is 0 Å². The van der Waals surface area contributed by atoms with Crippen LogP contribution < -0.4 is 24.4 Å². The molecule has 63 heavy (non-hydrogen) atoms. The number of aromatic nitrogens is 4. The number of ether oxygens (including phenoxy) is 1. The van der Waals surface area contributed by atoms with E-state index in [1.165, 1.54) is 10.8 Å². The van der Waals surface area contributed by atoms with E-state index in [4.69, 9.17) is 9.72 Å². The number of hydrogen-bond acceptors (Lipinski definition) is 4. The predicted octanol–water partition coefficient (Wildman–Crippen LogP) is 11.3. The average Bonchev–Trinajstić information content (AvgIpc) is 4.01. The molecule has 0 unspecified atom stereocenters. The van der Waals surface area contributed by atoms with Crippen LogP contribution in [0, 0.1) is 18.5 Å². The first-order valence-corrected chi connectivity index (χ1v) is 20.7. The molecule has 0 saturated heterocycles. The van der Waals surface area contributed by atoms with E-state index in [1.54, 1.807) is 0 Å². The van der Waals surface area contributed by atoms with Gasteiger partial charge < -0.3 is 23.5 Å². The van der Waals surface area contributed by atoms with E-state index in [-0.39, 0.29) is 28.0 Å². The molecule has 0 atom stereocenters. The van der Waals surface area contributed by atoms with Crippen LogP contribution in [-0.4, -0.2) is 21.1 Å². The number of nitrogens with zero attached hydrogens (tertiary/aromatic N) is 6. The Bertz CT molecular complexity index is 3430. The maximum Gasteiger partial charge on any atom is 0.420 e. The molecule has 302 valence electrons. The van der Waals surface area contributed by atoms with Gasteiger partial charge in [0, 0.05) is 60.9 Å². The Balaban J connectivity index is 0.00000444. The van der Waals surface area contributed by atoms with Gasteiger partial charge in [-0.1, -0.05) is 127 Å². The number of hydrogen-bond donors (Lipinski definition) is 0. The number of fused-ring (bicyclic) bond motifs is 5. The van der Waals surface area contributed by atoms with E-state index < -0.39 is 0 Å². The van der Waals surface area contributed by atoms with E-state index in [1.807, 2.05) is 54.7 Å². The number of rotatable bonds is 8. The van der Waals surface area contributed by atoms with Crippen LogP contribution in [0.15, 0.2) is 212 Å². The Hall–Kier alpha value is -7.67. The number of pyridine rings is 1. The first-order valence-electron chi connectivity index (χ1n) is 20.7. The Morgan fingerprint density at radius 1 is 0.508 bits per heavy atom. The fourth-order valence-corrected chi connectivity index (χ4v) is 8.99. The minimum absolute atomic E-state index is 0. The topological polar surface area (TPSA) is 42.3 Å². The van der Waals surface area contributed by atoms with Crippen molar-refractivity contribution in [3.63, 3.8) is 0 Å². The zero-order chi connectivity index (χ0) is 41.0. The Morgan fingerprint density at radius 2 is 1.13 bits per heavy atom. The molecule has 0 bridgehead atoms. The summed E-state index contributed by atoms with van der Waals surface area (Å²) in [5.74, 6) is 1.97. The molecule has 8 aromatic carbocycles. The van der Waals surface area contributed by atoms with E-state index in [0.717, 1.165) is 67.5 Å². The maximum atomic E-state index is 6.63. The fourth-order valence-electron chi connectivity index (χ4n) is 8.99. The van der Waals surface area contributed by atoms with E-state index in [0.29, 0.717) is 11.5 Å². The predicted molar refractivity (Wildman–Crippen MR) is 249 cm³/mol. The van der Waals surface area contributed by atoms with Crippen molar-refractivity contribution in [1.29, 1.82) is 0 Å². The molecule has 0 amide bonds. The second kappa shape index (κ2) is 16.0. The van der Waals surface area contributed by atoms with Gasteiger partial charge in [0.1, 0.15) is 5.82 Å². The van der Waals surface area contributed by atoms with E-state index >= 15 is 0 Å². The van der Waals surface area contributed by atoms with Gasteiger partial charge in [-0.15, -0.1) is 30.3 Å². The van der Waals surface area contributed by atoms with Crippen molar-refractivity contribution in [3.05, 3.63) is 231 Å². The Morgan fingerprint density at radius 3 is 1.90 bits per heavy atom. The average molecular weight is 990 g/mol.